The Bertz CT molecular complexity index is 869. The van der Waals surface area contributed by atoms with Gasteiger partial charge in [-0.25, -0.2) is 4.98 Å². The predicted octanol–water partition coefficient (Wildman–Crippen LogP) is 5.53. The van der Waals surface area contributed by atoms with E-state index in [1.54, 1.807) is 0 Å². The first kappa shape index (κ1) is 14.6. The van der Waals surface area contributed by atoms with Gasteiger partial charge in [-0.15, -0.1) is 0 Å². The van der Waals surface area contributed by atoms with Gasteiger partial charge in [-0.05, 0) is 81.5 Å². The number of aryl methyl sites for hydroxylation is 3. The minimum absolute atomic E-state index is 0.559. The molecule has 0 unspecified atom stereocenters. The predicted molar refractivity (Wildman–Crippen MR) is 93.5 cm³/mol. The molecule has 0 saturated carbocycles. The lowest BCUT2D eigenvalue weighted by atomic mass is 10.1. The highest BCUT2D eigenvalue weighted by Gasteiger charge is 2.19. The molecule has 0 fully saturated rings. The summed E-state index contributed by atoms with van der Waals surface area (Å²) >= 11 is 7.13. The molecule has 0 atom stereocenters. The zero-order valence-electron chi connectivity index (χ0n) is 11.9. The molecule has 0 saturated heterocycles. The van der Waals surface area contributed by atoms with Crippen molar-refractivity contribution in [1.29, 1.82) is 0 Å². The molecule has 5 heteroatoms. The Kier molecular flexibility index (Phi) is 3.58. The third-order valence-electron chi connectivity index (χ3n) is 3.50. The highest BCUT2D eigenvalue weighted by atomic mass is 79.9. The molecule has 108 valence electrons. The fourth-order valence-corrected chi connectivity index (χ4v) is 4.11. The summed E-state index contributed by atoms with van der Waals surface area (Å²) < 4.78 is 7.68. The van der Waals surface area contributed by atoms with Gasteiger partial charge in [0.25, 0.3) is 0 Å². The second-order valence-corrected chi connectivity index (χ2v) is 6.87. The van der Waals surface area contributed by atoms with Gasteiger partial charge in [0.15, 0.2) is 5.58 Å². The third kappa shape index (κ3) is 2.38. The molecule has 0 aliphatic heterocycles. The lowest BCUT2D eigenvalue weighted by Crippen LogP contribution is -1.94. The Hall–Kier alpha value is -1.33. The molecule has 0 amide bonds. The van der Waals surface area contributed by atoms with E-state index >= 15 is 0 Å². The summed E-state index contributed by atoms with van der Waals surface area (Å²) in [7, 11) is 0. The standard InChI is InChI=1S/C16H14Br2N2O/c1-7-4-9(3)15-11(5-7)20-16(21-15)12-10(17)6-8(2)14(19)13(12)18/h4-6H,19H2,1-3H3. The largest absolute Gasteiger partial charge is 0.436 e. The molecule has 0 aliphatic carbocycles. The molecule has 1 aromatic heterocycles. The van der Waals surface area contributed by atoms with Crippen molar-refractivity contribution < 1.29 is 4.42 Å². The van der Waals surface area contributed by atoms with Crippen LogP contribution in [-0.2, 0) is 0 Å². The van der Waals surface area contributed by atoms with Gasteiger partial charge in [0.1, 0.15) is 5.52 Å². The van der Waals surface area contributed by atoms with Crippen LogP contribution in [0.5, 0.6) is 0 Å². The molecule has 2 N–H and O–H groups in total. The maximum atomic E-state index is 6.10. The Morgan fingerprint density at radius 1 is 1.05 bits per heavy atom. The van der Waals surface area contributed by atoms with E-state index in [1.807, 2.05) is 26.0 Å². The minimum Gasteiger partial charge on any atom is -0.436 e. The fraction of sp³-hybridized carbons (Fsp3) is 0.188. The maximum Gasteiger partial charge on any atom is 0.229 e. The van der Waals surface area contributed by atoms with E-state index in [1.165, 1.54) is 5.56 Å². The Morgan fingerprint density at radius 3 is 2.48 bits per heavy atom. The molecule has 0 aliphatic rings. The first-order valence-electron chi connectivity index (χ1n) is 6.50. The molecule has 21 heavy (non-hydrogen) atoms. The number of fused-ring (bicyclic) bond motifs is 1. The molecular weight excluding hydrogens is 396 g/mol. The fourth-order valence-electron chi connectivity index (χ4n) is 2.43. The van der Waals surface area contributed by atoms with Crippen LogP contribution < -0.4 is 5.73 Å². The molecule has 1 heterocycles. The monoisotopic (exact) mass is 408 g/mol. The number of nitrogens with two attached hydrogens (primary N) is 1. The molecule has 0 radical (unpaired) electrons. The number of anilines is 1. The van der Waals surface area contributed by atoms with Crippen LogP contribution in [0.2, 0.25) is 0 Å². The lowest BCUT2D eigenvalue weighted by molar-refractivity contribution is 0.616. The van der Waals surface area contributed by atoms with Crippen LogP contribution in [0.25, 0.3) is 22.6 Å². The van der Waals surface area contributed by atoms with Gasteiger partial charge in [0.05, 0.1) is 10.0 Å². The SMILES string of the molecule is Cc1cc(C)c2oc(-c3c(Br)cc(C)c(N)c3Br)nc2c1. The number of hydrogen-bond acceptors (Lipinski definition) is 3. The Labute approximate surface area is 139 Å². The topological polar surface area (TPSA) is 52.0 Å². The van der Waals surface area contributed by atoms with E-state index in [0.29, 0.717) is 11.6 Å². The summed E-state index contributed by atoms with van der Waals surface area (Å²) in [6.45, 7) is 6.04. The van der Waals surface area contributed by atoms with E-state index in [2.05, 4.69) is 49.8 Å². The van der Waals surface area contributed by atoms with E-state index < -0.39 is 0 Å². The highest BCUT2D eigenvalue weighted by molar-refractivity contribution is 9.11. The highest BCUT2D eigenvalue weighted by Crippen LogP contribution is 2.41. The second-order valence-electron chi connectivity index (χ2n) is 5.23. The summed E-state index contributed by atoms with van der Waals surface area (Å²) in [5, 5.41) is 0. The van der Waals surface area contributed by atoms with Crippen LogP contribution in [-0.4, -0.2) is 4.98 Å². The van der Waals surface area contributed by atoms with Crippen molar-refractivity contribution in [2.75, 3.05) is 5.73 Å². The van der Waals surface area contributed by atoms with Crippen LogP contribution in [0.3, 0.4) is 0 Å². The van der Waals surface area contributed by atoms with Crippen molar-refractivity contribution in [2.24, 2.45) is 0 Å². The lowest BCUT2D eigenvalue weighted by Gasteiger charge is -2.09. The smallest absolute Gasteiger partial charge is 0.229 e. The van der Waals surface area contributed by atoms with Crippen molar-refractivity contribution in [3.05, 3.63) is 43.8 Å². The first-order chi connectivity index (χ1) is 9.88. The van der Waals surface area contributed by atoms with Crippen LogP contribution in [0.15, 0.2) is 31.6 Å². The first-order valence-corrected chi connectivity index (χ1v) is 8.09. The van der Waals surface area contributed by atoms with Crippen molar-refractivity contribution in [3.63, 3.8) is 0 Å². The van der Waals surface area contributed by atoms with Gasteiger partial charge in [-0.1, -0.05) is 6.07 Å². The van der Waals surface area contributed by atoms with Gasteiger partial charge in [0, 0.05) is 10.2 Å². The molecular formula is C16H14Br2N2O. The summed E-state index contributed by atoms with van der Waals surface area (Å²) in [6.07, 6.45) is 0. The number of benzene rings is 2. The van der Waals surface area contributed by atoms with Crippen LogP contribution >= 0.6 is 31.9 Å². The number of hydrogen-bond donors (Lipinski definition) is 1. The number of aromatic nitrogens is 1. The quantitative estimate of drug-likeness (QED) is 0.537. The van der Waals surface area contributed by atoms with Crippen LogP contribution in [0, 0.1) is 20.8 Å². The van der Waals surface area contributed by atoms with Crippen molar-refractivity contribution in [2.45, 2.75) is 20.8 Å². The third-order valence-corrected chi connectivity index (χ3v) is 4.95. The Balaban J connectivity index is 2.31. The van der Waals surface area contributed by atoms with Crippen LogP contribution in [0.1, 0.15) is 16.7 Å². The molecule has 2 aromatic carbocycles. The maximum absolute atomic E-state index is 6.10. The molecule has 3 nitrogen and oxygen atoms in total. The van der Waals surface area contributed by atoms with Gasteiger partial charge < -0.3 is 10.2 Å². The van der Waals surface area contributed by atoms with Crippen molar-refractivity contribution in [1.82, 2.24) is 4.98 Å². The summed E-state index contributed by atoms with van der Waals surface area (Å²) in [6, 6.07) is 6.09. The van der Waals surface area contributed by atoms with Gasteiger partial charge >= 0.3 is 0 Å². The molecule has 0 bridgehead atoms. The van der Waals surface area contributed by atoms with E-state index in [9.17, 15) is 0 Å². The average molecular weight is 410 g/mol. The summed E-state index contributed by atoms with van der Waals surface area (Å²) in [4.78, 5) is 4.61. The van der Waals surface area contributed by atoms with E-state index in [4.69, 9.17) is 10.2 Å². The molecule has 3 rings (SSSR count). The van der Waals surface area contributed by atoms with Crippen molar-refractivity contribution >= 4 is 48.6 Å². The molecule has 0 spiro atoms. The van der Waals surface area contributed by atoms with Gasteiger partial charge in [0.2, 0.25) is 5.89 Å². The number of halogens is 2. The van der Waals surface area contributed by atoms with Gasteiger partial charge in [-0.3, -0.25) is 0 Å². The van der Waals surface area contributed by atoms with Gasteiger partial charge in [-0.2, -0.15) is 0 Å². The van der Waals surface area contributed by atoms with Crippen LogP contribution in [0.4, 0.5) is 5.69 Å². The van der Waals surface area contributed by atoms with E-state index in [-0.39, 0.29) is 0 Å². The number of oxazole rings is 1. The summed E-state index contributed by atoms with van der Waals surface area (Å²) in [5.74, 6) is 0.559. The minimum atomic E-state index is 0.559. The second kappa shape index (κ2) is 5.14. The Morgan fingerprint density at radius 2 is 1.76 bits per heavy atom. The van der Waals surface area contributed by atoms with Crippen molar-refractivity contribution in [3.8, 4) is 11.5 Å². The summed E-state index contributed by atoms with van der Waals surface area (Å²) in [5.41, 5.74) is 12.6. The zero-order valence-corrected chi connectivity index (χ0v) is 15.1. The zero-order chi connectivity index (χ0) is 15.3. The number of nitrogens with zero attached hydrogens (tertiary/aromatic N) is 1. The number of rotatable bonds is 1. The van der Waals surface area contributed by atoms with E-state index in [0.717, 1.165) is 36.7 Å². The normalized spacial score (nSPS) is 11.3. The molecule has 3 aromatic rings. The average Bonchev–Trinajstić information content (AvgIpc) is 2.80. The number of nitrogen functional groups attached to an aromatic ring is 1.